The lowest BCUT2D eigenvalue weighted by Gasteiger charge is -2.27. The minimum Gasteiger partial charge on any atom is -0.481 e. The highest BCUT2D eigenvalue weighted by molar-refractivity contribution is 6.01. The molecule has 0 aliphatic carbocycles. The Balaban J connectivity index is 3.41. The highest BCUT2D eigenvalue weighted by Gasteiger charge is 2.39. The molecule has 103 heavy (non-hydrogen) atoms. The number of nitrogens with zero attached hydrogens (tertiary/aromatic N) is 2. The minimum absolute atomic E-state index is 0.140. The third-order valence-electron chi connectivity index (χ3n) is 14.6. The van der Waals surface area contributed by atoms with Gasteiger partial charge in [-0.2, -0.15) is 0 Å². The Morgan fingerprint density at radius 3 is 1.29 bits per heavy atom. The van der Waals surface area contributed by atoms with E-state index in [0.29, 0.717) is 6.42 Å². The quantitative estimate of drug-likeness (QED) is 0.0153. The Morgan fingerprint density at radius 1 is 0.456 bits per heavy atom. The zero-order chi connectivity index (χ0) is 78.5. The monoisotopic (exact) mass is 1470 g/mol. The second-order valence-corrected chi connectivity index (χ2v) is 23.0. The number of hydrogen-bond donors (Lipinski definition) is 25. The number of amides is 16. The number of carboxylic acids is 4. The van der Waals surface area contributed by atoms with Crippen LogP contribution < -0.4 is 97.8 Å². The van der Waals surface area contributed by atoms with Crippen LogP contribution in [0.25, 0.3) is 0 Å². The molecule has 0 aromatic heterocycles. The summed E-state index contributed by atoms with van der Waals surface area (Å²) in [6, 6.07) is -21.8. The molecular weight excluding hydrogens is 1380 g/mol. The van der Waals surface area contributed by atoms with Gasteiger partial charge in [-0.25, -0.2) is 0 Å². The fourth-order valence-corrected chi connectivity index (χ4v) is 9.18. The van der Waals surface area contributed by atoms with E-state index in [9.17, 15) is 132 Å². The molecule has 0 spiro atoms. The van der Waals surface area contributed by atoms with E-state index in [-0.39, 0.29) is 25.9 Å². The number of guanidine groups is 1. The number of nitrogens with one attached hydrogen (secondary N) is 13. The van der Waals surface area contributed by atoms with Gasteiger partial charge in [-0.15, -0.1) is 0 Å². The van der Waals surface area contributed by atoms with Crippen LogP contribution in [0.4, 0.5) is 0 Å². The molecule has 0 unspecified atom stereocenters. The number of aliphatic imine (C=N–C) groups is 1. The molecule has 30 N–H and O–H groups in total. The molecule has 0 aromatic rings. The summed E-state index contributed by atoms with van der Waals surface area (Å²) in [4.78, 5) is 262. The topological polar surface area (TPSA) is 785 Å². The van der Waals surface area contributed by atoms with Crippen LogP contribution in [0.1, 0.15) is 97.8 Å². The van der Waals surface area contributed by atoms with Gasteiger partial charge in [-0.1, -0.05) is 0 Å². The zero-order valence-electron chi connectivity index (χ0n) is 56.0. The van der Waals surface area contributed by atoms with Crippen molar-refractivity contribution in [1.29, 1.82) is 0 Å². The first-order valence-corrected chi connectivity index (χ1v) is 31.4. The number of aliphatic carboxylic acids is 4. The van der Waals surface area contributed by atoms with E-state index in [1.54, 1.807) is 0 Å². The predicted octanol–water partition coefficient (Wildman–Crippen LogP) is -14.6. The Morgan fingerprint density at radius 2 is 0.854 bits per heavy atom. The molecular formula is C56H90N20O27. The van der Waals surface area contributed by atoms with Crippen molar-refractivity contribution in [2.45, 2.75) is 176 Å². The molecule has 0 bridgehead atoms. The van der Waals surface area contributed by atoms with Gasteiger partial charge in [0.15, 0.2) is 5.96 Å². The maximum Gasteiger partial charge on any atom is 0.305 e. The molecule has 47 heteroatoms. The summed E-state index contributed by atoms with van der Waals surface area (Å²) in [5.41, 5.74) is 26.5. The first kappa shape index (κ1) is 89.5. The summed E-state index contributed by atoms with van der Waals surface area (Å²) in [5.74, 6) is -25.8. The number of carbonyl (C=O) groups is 20. The molecule has 1 saturated heterocycles. The van der Waals surface area contributed by atoms with Gasteiger partial charge in [-0.3, -0.25) is 101 Å². The number of nitrogens with two attached hydrogens (primary N) is 5. The summed E-state index contributed by atoms with van der Waals surface area (Å²) in [5, 5.41) is 95.5. The Bertz CT molecular complexity index is 3150. The number of aliphatic hydroxyl groups is 3. The molecule has 576 valence electrons. The average Bonchev–Trinajstić information content (AvgIpc) is 1.77. The first-order chi connectivity index (χ1) is 48.2. The molecule has 0 aromatic carbocycles. The SMILES string of the molecule is C[C@H](NC(=O)[C@H](CCC(=O)O)NC(=O)[C@H](CCCN=C(N)N)NC(=O)[C@H](C)NC(=O)[C@H](CC(=O)O)NC(=O)[C@@H](NC(=O)[C@H](CC(=O)O)NC(=O)[C@H](CCC(N)=O)NC(=O)CNC(=O)[C@@H]1CCCN1C(=O)CN)[C@@H](C)O)C(=O)N[C@@H](CCC(=O)O)C(=O)N[C@@H](CO)C(=O)NCC(=O)N[C@@H](CO)C(N)=O. The van der Waals surface area contributed by atoms with Crippen LogP contribution in [-0.2, 0) is 95.9 Å². The number of carbonyl (C=O) groups excluding carboxylic acids is 16. The smallest absolute Gasteiger partial charge is 0.305 e. The van der Waals surface area contributed by atoms with Crippen LogP contribution in [0.15, 0.2) is 4.99 Å². The summed E-state index contributed by atoms with van der Waals surface area (Å²) in [6.45, 7) is -1.23. The van der Waals surface area contributed by atoms with Crippen LogP contribution in [0, 0.1) is 0 Å². The second kappa shape index (κ2) is 45.3. The molecule has 1 aliphatic rings. The largest absolute Gasteiger partial charge is 0.481 e. The molecule has 0 saturated carbocycles. The van der Waals surface area contributed by atoms with Gasteiger partial charge < -0.3 is 138 Å². The number of likely N-dealkylation sites (tertiary alicyclic amines) is 1. The van der Waals surface area contributed by atoms with E-state index in [1.165, 1.54) is 4.90 Å². The summed E-state index contributed by atoms with van der Waals surface area (Å²) in [7, 11) is 0. The number of carboxylic acid groups (broad SMARTS) is 4. The Kier molecular flexibility index (Phi) is 39.4. The number of hydrogen-bond acceptors (Lipinski definition) is 25. The van der Waals surface area contributed by atoms with Crippen molar-refractivity contribution < 1.29 is 132 Å². The van der Waals surface area contributed by atoms with Crippen molar-refractivity contribution >= 4 is 124 Å². The minimum atomic E-state index is -2.22. The molecule has 1 rings (SSSR count). The zero-order valence-corrected chi connectivity index (χ0v) is 56.0. The van der Waals surface area contributed by atoms with Crippen LogP contribution in [-0.4, -0.2) is 290 Å². The van der Waals surface area contributed by atoms with Crippen LogP contribution in [0.5, 0.6) is 0 Å². The summed E-state index contributed by atoms with van der Waals surface area (Å²) in [6.07, 6.45) is -8.63. The molecule has 16 amide bonds. The van der Waals surface area contributed by atoms with E-state index < -0.39 is 294 Å². The fourth-order valence-electron chi connectivity index (χ4n) is 9.18. The van der Waals surface area contributed by atoms with E-state index in [2.05, 4.69) is 42.2 Å². The number of aliphatic hydroxyl groups excluding tert-OH is 3. The van der Waals surface area contributed by atoms with Gasteiger partial charge in [0, 0.05) is 32.4 Å². The van der Waals surface area contributed by atoms with E-state index >= 15 is 0 Å². The first-order valence-electron chi connectivity index (χ1n) is 31.4. The van der Waals surface area contributed by atoms with Gasteiger partial charge in [0.25, 0.3) is 0 Å². The third kappa shape index (κ3) is 34.0. The Hall–Kier alpha value is -11.5. The standard InChI is InChI=1S/C56H90N20O27/c1-23(46(94)70-29(10-13-40(86)87)51(99)74-33(22-78)47(95)63-19-37(82)68-32(21-77)44(59)92)65-48(96)28(9-12-39(84)85)71-49(97)26(6-4-14-62-56(60)61)69-45(93)24(2)66-52(100)30(16-41(88)89)73-55(103)43(25(3)79)75-53(101)31(17-42(90)91)72-50(98)27(8-11-35(58)80)67-36(81)20-64-54(102)34-7-5-15-76(34)38(83)18-57/h23-34,43,77-79H,4-22,57H2,1-3H3,(H2,58,80)(H2,59,92)(H,63,95)(H,64,102)(H,65,96)(H,66,100)(H,67,81)(H,68,82)(H,69,93)(H,70,94)(H,71,97)(H,72,98)(H,73,103)(H,74,99)(H,75,101)(H,84,85)(H,86,87)(H,88,89)(H,90,91)(H4,60,61,62)/t23-,24-,25+,26-,27-,28-,29-,30-,31-,32-,33-,34-,43-/m0/s1. The lowest BCUT2D eigenvalue weighted by molar-refractivity contribution is -0.143. The number of primary amides is 2. The molecule has 13 atom stereocenters. The summed E-state index contributed by atoms with van der Waals surface area (Å²) < 4.78 is 0. The van der Waals surface area contributed by atoms with Crippen LogP contribution in [0.3, 0.4) is 0 Å². The van der Waals surface area contributed by atoms with Gasteiger partial charge in [0.2, 0.25) is 94.5 Å². The highest BCUT2D eigenvalue weighted by Crippen LogP contribution is 2.17. The van der Waals surface area contributed by atoms with Gasteiger partial charge in [-0.05, 0) is 65.7 Å². The molecule has 0 radical (unpaired) electrons. The summed E-state index contributed by atoms with van der Waals surface area (Å²) >= 11 is 0. The van der Waals surface area contributed by atoms with Crippen molar-refractivity contribution in [3.63, 3.8) is 0 Å². The van der Waals surface area contributed by atoms with E-state index in [1.807, 2.05) is 31.9 Å². The van der Waals surface area contributed by atoms with Gasteiger partial charge in [0.1, 0.15) is 72.5 Å². The number of rotatable bonds is 48. The van der Waals surface area contributed by atoms with Crippen molar-refractivity contribution in [3.05, 3.63) is 0 Å². The van der Waals surface area contributed by atoms with Crippen LogP contribution in [0.2, 0.25) is 0 Å². The van der Waals surface area contributed by atoms with Crippen molar-refractivity contribution in [3.8, 4) is 0 Å². The van der Waals surface area contributed by atoms with Crippen LogP contribution >= 0.6 is 0 Å². The van der Waals surface area contributed by atoms with E-state index in [0.717, 1.165) is 20.8 Å². The molecule has 1 fully saturated rings. The Labute approximate surface area is 584 Å². The normalized spacial score (nSPS) is 15.8. The average molecular weight is 1480 g/mol. The predicted molar refractivity (Wildman–Crippen MR) is 344 cm³/mol. The fraction of sp³-hybridized carbons (Fsp3) is 0.625. The molecule has 47 nitrogen and oxygen atoms in total. The highest BCUT2D eigenvalue weighted by atomic mass is 16.4. The van der Waals surface area contributed by atoms with Gasteiger partial charge in [0.05, 0.1) is 51.8 Å². The van der Waals surface area contributed by atoms with Crippen molar-refractivity contribution in [2.75, 3.05) is 45.9 Å². The second-order valence-electron chi connectivity index (χ2n) is 23.0. The van der Waals surface area contributed by atoms with Gasteiger partial charge >= 0.3 is 23.9 Å². The van der Waals surface area contributed by atoms with E-state index in [4.69, 9.17) is 28.7 Å². The lowest BCUT2D eigenvalue weighted by atomic mass is 10.1. The molecule has 1 aliphatic heterocycles. The maximum atomic E-state index is 14.1. The van der Waals surface area contributed by atoms with Crippen molar-refractivity contribution in [2.24, 2.45) is 33.7 Å². The molecule has 1 heterocycles. The third-order valence-corrected chi connectivity index (χ3v) is 14.6. The maximum absolute atomic E-state index is 14.1. The lowest BCUT2D eigenvalue weighted by Crippen LogP contribution is -2.62. The van der Waals surface area contributed by atoms with Crippen molar-refractivity contribution in [1.82, 2.24) is 74.0 Å².